The number of fused-ring (bicyclic) bond motifs is 1. The monoisotopic (exact) mass is 270 g/mol. The van der Waals surface area contributed by atoms with Crippen molar-refractivity contribution in [2.45, 2.75) is 12.5 Å². The van der Waals surface area contributed by atoms with Gasteiger partial charge < -0.3 is 14.9 Å². The highest BCUT2D eigenvalue weighted by Crippen LogP contribution is 2.35. The number of aliphatic hydroxyl groups excluding tert-OH is 1. The lowest BCUT2D eigenvalue weighted by Crippen LogP contribution is -2.13. The van der Waals surface area contributed by atoms with Crippen molar-refractivity contribution >= 4 is 5.97 Å². The van der Waals surface area contributed by atoms with Crippen molar-refractivity contribution in [2.24, 2.45) is 0 Å². The van der Waals surface area contributed by atoms with Crippen LogP contribution in [0, 0.1) is 0 Å². The van der Waals surface area contributed by atoms with Crippen molar-refractivity contribution in [3.05, 3.63) is 53.6 Å². The maximum absolute atomic E-state index is 11.0. The minimum Gasteiger partial charge on any atom is -0.493 e. The number of hydrogen-bond donors (Lipinski definition) is 2. The SMILES string of the molecule is O=C(O)c1cccc(-c2ccc3c(c2)C(O)CCO3)c1. The van der Waals surface area contributed by atoms with Gasteiger partial charge in [0.05, 0.1) is 18.3 Å². The molecule has 0 radical (unpaired) electrons. The molecule has 1 aliphatic heterocycles. The van der Waals surface area contributed by atoms with Crippen LogP contribution in [-0.4, -0.2) is 22.8 Å². The van der Waals surface area contributed by atoms with Crippen LogP contribution in [0.5, 0.6) is 5.75 Å². The molecular weight excluding hydrogens is 256 g/mol. The normalized spacial score (nSPS) is 17.1. The Balaban J connectivity index is 2.04. The number of carboxylic acid groups (broad SMARTS) is 1. The van der Waals surface area contributed by atoms with Crippen molar-refractivity contribution < 1.29 is 19.7 Å². The molecule has 2 aromatic rings. The number of hydrogen-bond acceptors (Lipinski definition) is 3. The minimum atomic E-state index is -0.951. The standard InChI is InChI=1S/C16H14O4/c17-14-6-7-20-15-5-4-11(9-13(14)15)10-2-1-3-12(8-10)16(18)19/h1-5,8-9,14,17H,6-7H2,(H,18,19). The van der Waals surface area contributed by atoms with Crippen molar-refractivity contribution in [3.63, 3.8) is 0 Å². The number of carboxylic acids is 1. The summed E-state index contributed by atoms with van der Waals surface area (Å²) in [6, 6.07) is 12.3. The second-order valence-electron chi connectivity index (χ2n) is 4.79. The molecule has 0 saturated carbocycles. The first-order valence-corrected chi connectivity index (χ1v) is 6.44. The quantitative estimate of drug-likeness (QED) is 0.880. The Morgan fingerprint density at radius 3 is 2.75 bits per heavy atom. The zero-order valence-corrected chi connectivity index (χ0v) is 10.7. The summed E-state index contributed by atoms with van der Waals surface area (Å²) in [6.07, 6.45) is 0.0485. The number of aromatic carboxylic acids is 1. The topological polar surface area (TPSA) is 66.8 Å². The number of carbonyl (C=O) groups is 1. The van der Waals surface area contributed by atoms with E-state index in [1.54, 1.807) is 18.2 Å². The number of ether oxygens (including phenoxy) is 1. The van der Waals surface area contributed by atoms with E-state index in [0.29, 0.717) is 18.8 Å². The Bertz CT molecular complexity index is 663. The summed E-state index contributed by atoms with van der Waals surface area (Å²) < 4.78 is 5.49. The van der Waals surface area contributed by atoms with E-state index in [4.69, 9.17) is 9.84 Å². The Morgan fingerprint density at radius 1 is 1.15 bits per heavy atom. The van der Waals surface area contributed by atoms with Gasteiger partial charge in [0.15, 0.2) is 0 Å². The van der Waals surface area contributed by atoms with Crippen LogP contribution < -0.4 is 4.74 Å². The molecular formula is C16H14O4. The lowest BCUT2D eigenvalue weighted by Gasteiger charge is -2.22. The van der Waals surface area contributed by atoms with E-state index in [-0.39, 0.29) is 5.56 Å². The molecule has 0 aromatic heterocycles. The first kappa shape index (κ1) is 12.7. The largest absolute Gasteiger partial charge is 0.493 e. The summed E-state index contributed by atoms with van der Waals surface area (Å²) in [7, 11) is 0. The van der Waals surface area contributed by atoms with E-state index in [9.17, 15) is 9.90 Å². The average Bonchev–Trinajstić information content (AvgIpc) is 2.47. The summed E-state index contributed by atoms with van der Waals surface area (Å²) in [5.41, 5.74) is 2.69. The molecule has 0 bridgehead atoms. The van der Waals surface area contributed by atoms with Crippen LogP contribution in [-0.2, 0) is 0 Å². The van der Waals surface area contributed by atoms with Crippen molar-refractivity contribution in [1.29, 1.82) is 0 Å². The number of aliphatic hydroxyl groups is 1. The van der Waals surface area contributed by atoms with Gasteiger partial charge in [-0.05, 0) is 35.4 Å². The zero-order valence-electron chi connectivity index (χ0n) is 10.7. The molecule has 3 rings (SSSR count). The smallest absolute Gasteiger partial charge is 0.335 e. The molecule has 20 heavy (non-hydrogen) atoms. The highest BCUT2D eigenvalue weighted by molar-refractivity contribution is 5.89. The number of benzene rings is 2. The first-order chi connectivity index (χ1) is 9.65. The van der Waals surface area contributed by atoms with Crippen LogP contribution in [0.15, 0.2) is 42.5 Å². The van der Waals surface area contributed by atoms with Gasteiger partial charge in [-0.15, -0.1) is 0 Å². The van der Waals surface area contributed by atoms with Crippen molar-refractivity contribution in [1.82, 2.24) is 0 Å². The molecule has 102 valence electrons. The van der Waals surface area contributed by atoms with Crippen LogP contribution in [0.2, 0.25) is 0 Å². The van der Waals surface area contributed by atoms with E-state index in [1.807, 2.05) is 24.3 Å². The third-order valence-corrected chi connectivity index (χ3v) is 3.46. The minimum absolute atomic E-state index is 0.247. The average molecular weight is 270 g/mol. The predicted molar refractivity (Wildman–Crippen MR) is 73.9 cm³/mol. The molecule has 1 atom stereocenters. The van der Waals surface area contributed by atoms with Crippen molar-refractivity contribution in [3.8, 4) is 16.9 Å². The van der Waals surface area contributed by atoms with Gasteiger partial charge in [0.2, 0.25) is 0 Å². The highest BCUT2D eigenvalue weighted by atomic mass is 16.5. The Labute approximate surface area is 116 Å². The fourth-order valence-electron chi connectivity index (χ4n) is 2.39. The summed E-state index contributed by atoms with van der Waals surface area (Å²) >= 11 is 0. The molecule has 1 aliphatic rings. The van der Waals surface area contributed by atoms with Gasteiger partial charge in [0.1, 0.15) is 5.75 Å². The van der Waals surface area contributed by atoms with Gasteiger partial charge in [-0.1, -0.05) is 18.2 Å². The second kappa shape index (κ2) is 4.98. The lowest BCUT2D eigenvalue weighted by molar-refractivity contribution is 0.0697. The Hall–Kier alpha value is -2.33. The van der Waals surface area contributed by atoms with Gasteiger partial charge in [-0.2, -0.15) is 0 Å². The molecule has 0 amide bonds. The van der Waals surface area contributed by atoms with Crippen LogP contribution in [0.4, 0.5) is 0 Å². The lowest BCUT2D eigenvalue weighted by atomic mass is 9.96. The number of rotatable bonds is 2. The maximum atomic E-state index is 11.0. The van der Waals surface area contributed by atoms with E-state index in [0.717, 1.165) is 16.7 Å². The van der Waals surface area contributed by atoms with Gasteiger partial charge in [0, 0.05) is 12.0 Å². The van der Waals surface area contributed by atoms with Gasteiger partial charge >= 0.3 is 5.97 Å². The summed E-state index contributed by atoms with van der Waals surface area (Å²) in [4.78, 5) is 11.0. The fourth-order valence-corrected chi connectivity index (χ4v) is 2.39. The molecule has 2 aromatic carbocycles. The third-order valence-electron chi connectivity index (χ3n) is 3.46. The Kier molecular flexibility index (Phi) is 3.16. The molecule has 0 saturated heterocycles. The molecule has 1 unspecified atom stereocenters. The Morgan fingerprint density at radius 2 is 1.95 bits per heavy atom. The van der Waals surface area contributed by atoms with Gasteiger partial charge in [0.25, 0.3) is 0 Å². The molecule has 0 aliphatic carbocycles. The summed E-state index contributed by atoms with van der Waals surface area (Å²) in [5, 5.41) is 19.0. The van der Waals surface area contributed by atoms with Gasteiger partial charge in [-0.3, -0.25) is 0 Å². The van der Waals surface area contributed by atoms with Crippen LogP contribution in [0.1, 0.15) is 28.4 Å². The van der Waals surface area contributed by atoms with Crippen LogP contribution >= 0.6 is 0 Å². The summed E-state index contributed by atoms with van der Waals surface area (Å²) in [6.45, 7) is 0.516. The van der Waals surface area contributed by atoms with Crippen LogP contribution in [0.3, 0.4) is 0 Å². The fraction of sp³-hybridized carbons (Fsp3) is 0.188. The maximum Gasteiger partial charge on any atom is 0.335 e. The second-order valence-corrected chi connectivity index (χ2v) is 4.79. The molecule has 1 heterocycles. The zero-order chi connectivity index (χ0) is 14.1. The van der Waals surface area contributed by atoms with Crippen molar-refractivity contribution in [2.75, 3.05) is 6.61 Å². The van der Waals surface area contributed by atoms with Crippen LogP contribution in [0.25, 0.3) is 11.1 Å². The van der Waals surface area contributed by atoms with E-state index in [2.05, 4.69) is 0 Å². The molecule has 0 fully saturated rings. The van der Waals surface area contributed by atoms with E-state index >= 15 is 0 Å². The predicted octanol–water partition coefficient (Wildman–Crippen LogP) is 2.87. The van der Waals surface area contributed by atoms with Gasteiger partial charge in [-0.25, -0.2) is 4.79 Å². The molecule has 4 nitrogen and oxygen atoms in total. The first-order valence-electron chi connectivity index (χ1n) is 6.44. The molecule has 4 heteroatoms. The highest BCUT2D eigenvalue weighted by Gasteiger charge is 2.19. The van der Waals surface area contributed by atoms with E-state index in [1.165, 1.54) is 0 Å². The summed E-state index contributed by atoms with van der Waals surface area (Å²) in [5.74, 6) is -0.255. The molecule has 2 N–H and O–H groups in total. The molecule has 0 spiro atoms. The third kappa shape index (κ3) is 2.26. The van der Waals surface area contributed by atoms with E-state index < -0.39 is 12.1 Å².